The Balaban J connectivity index is 2.35. The summed E-state index contributed by atoms with van der Waals surface area (Å²) in [4.78, 5) is 4.26. The molecule has 0 bridgehead atoms. The number of amidine groups is 1. The van der Waals surface area contributed by atoms with E-state index in [-0.39, 0.29) is 5.82 Å². The second-order valence-electron chi connectivity index (χ2n) is 3.86. The number of hydrogen-bond acceptors (Lipinski definition) is 1. The summed E-state index contributed by atoms with van der Waals surface area (Å²) in [6, 6.07) is 3.13. The van der Waals surface area contributed by atoms with Gasteiger partial charge in [0.15, 0.2) is 0 Å². The zero-order valence-corrected chi connectivity index (χ0v) is 10.0. The molecule has 1 saturated carbocycles. The van der Waals surface area contributed by atoms with E-state index in [4.69, 9.17) is 5.73 Å². The minimum absolute atomic E-state index is 0.303. The highest BCUT2D eigenvalue weighted by atomic mass is 79.9. The molecule has 1 aromatic carbocycles. The Morgan fingerprint density at radius 1 is 1.53 bits per heavy atom. The van der Waals surface area contributed by atoms with Crippen LogP contribution < -0.4 is 5.73 Å². The van der Waals surface area contributed by atoms with Gasteiger partial charge in [-0.1, -0.05) is 0 Å². The van der Waals surface area contributed by atoms with Crippen molar-refractivity contribution >= 4 is 27.5 Å². The van der Waals surface area contributed by atoms with Crippen molar-refractivity contribution in [3.63, 3.8) is 0 Å². The first-order valence-electron chi connectivity index (χ1n) is 4.87. The predicted octanol–water partition coefficient (Wildman–Crippen LogP) is 3.30. The summed E-state index contributed by atoms with van der Waals surface area (Å²) in [5, 5.41) is 0. The minimum atomic E-state index is -0.303. The Morgan fingerprint density at radius 2 is 2.20 bits per heavy atom. The molecule has 1 aliphatic carbocycles. The van der Waals surface area contributed by atoms with Crippen LogP contribution in [0.2, 0.25) is 0 Å². The molecular weight excluding hydrogens is 259 g/mol. The lowest BCUT2D eigenvalue weighted by molar-refractivity contribution is 0.621. The van der Waals surface area contributed by atoms with E-state index >= 15 is 0 Å². The van der Waals surface area contributed by atoms with Gasteiger partial charge in [0.2, 0.25) is 0 Å². The van der Waals surface area contributed by atoms with E-state index in [2.05, 4.69) is 20.9 Å². The molecule has 0 heterocycles. The third-order valence-electron chi connectivity index (χ3n) is 2.48. The second kappa shape index (κ2) is 3.93. The van der Waals surface area contributed by atoms with E-state index in [1.807, 2.05) is 6.92 Å². The molecule has 0 amide bonds. The fourth-order valence-electron chi connectivity index (χ4n) is 1.37. The van der Waals surface area contributed by atoms with Gasteiger partial charge in [0.1, 0.15) is 11.7 Å². The van der Waals surface area contributed by atoms with Crippen LogP contribution in [0.5, 0.6) is 0 Å². The van der Waals surface area contributed by atoms with Crippen LogP contribution in [0, 0.1) is 18.7 Å². The monoisotopic (exact) mass is 270 g/mol. The van der Waals surface area contributed by atoms with Gasteiger partial charge in [0, 0.05) is 12.0 Å². The maximum Gasteiger partial charge on any atom is 0.139 e. The van der Waals surface area contributed by atoms with Gasteiger partial charge in [-0.05, 0) is 47.3 Å². The summed E-state index contributed by atoms with van der Waals surface area (Å²) in [6.45, 7) is 1.89. The van der Waals surface area contributed by atoms with Crippen molar-refractivity contribution < 1.29 is 4.39 Å². The second-order valence-corrected chi connectivity index (χ2v) is 4.72. The largest absolute Gasteiger partial charge is 0.387 e. The van der Waals surface area contributed by atoms with Crippen LogP contribution in [0.3, 0.4) is 0 Å². The topological polar surface area (TPSA) is 38.4 Å². The van der Waals surface area contributed by atoms with E-state index < -0.39 is 0 Å². The van der Waals surface area contributed by atoms with Crippen LogP contribution in [-0.4, -0.2) is 5.84 Å². The van der Waals surface area contributed by atoms with Gasteiger partial charge >= 0.3 is 0 Å². The van der Waals surface area contributed by atoms with Crippen molar-refractivity contribution in [3.05, 3.63) is 28.0 Å². The molecule has 15 heavy (non-hydrogen) atoms. The molecule has 4 heteroatoms. The van der Waals surface area contributed by atoms with Crippen molar-refractivity contribution in [3.8, 4) is 0 Å². The number of aryl methyl sites for hydroxylation is 1. The molecule has 0 unspecified atom stereocenters. The quantitative estimate of drug-likeness (QED) is 0.650. The number of nitrogens with zero attached hydrogens (tertiary/aromatic N) is 1. The Kier molecular flexibility index (Phi) is 2.78. The van der Waals surface area contributed by atoms with Crippen molar-refractivity contribution in [1.82, 2.24) is 0 Å². The van der Waals surface area contributed by atoms with E-state index in [9.17, 15) is 4.39 Å². The van der Waals surface area contributed by atoms with Crippen LogP contribution in [0.15, 0.2) is 21.6 Å². The zero-order chi connectivity index (χ0) is 11.0. The number of rotatable bonds is 2. The van der Waals surface area contributed by atoms with Gasteiger partial charge in [0.25, 0.3) is 0 Å². The molecule has 0 aromatic heterocycles. The molecule has 80 valence electrons. The lowest BCUT2D eigenvalue weighted by Gasteiger charge is -2.04. The summed E-state index contributed by atoms with van der Waals surface area (Å²) in [7, 11) is 0. The Morgan fingerprint density at radius 3 is 2.80 bits per heavy atom. The van der Waals surface area contributed by atoms with Crippen molar-refractivity contribution in [2.75, 3.05) is 0 Å². The smallest absolute Gasteiger partial charge is 0.139 e. The highest BCUT2D eigenvalue weighted by Gasteiger charge is 2.25. The van der Waals surface area contributed by atoms with Crippen LogP contribution in [-0.2, 0) is 0 Å². The number of halogens is 2. The first-order valence-corrected chi connectivity index (χ1v) is 5.67. The normalized spacial score (nSPS) is 16.9. The molecule has 2 N–H and O–H groups in total. The van der Waals surface area contributed by atoms with Crippen LogP contribution in [0.1, 0.15) is 18.4 Å². The van der Waals surface area contributed by atoms with Gasteiger partial charge < -0.3 is 5.73 Å². The predicted molar refractivity (Wildman–Crippen MR) is 62.8 cm³/mol. The lowest BCUT2D eigenvalue weighted by atomic mass is 10.2. The molecule has 0 aliphatic heterocycles. The summed E-state index contributed by atoms with van der Waals surface area (Å²) >= 11 is 3.13. The highest BCUT2D eigenvalue weighted by Crippen LogP contribution is 2.32. The van der Waals surface area contributed by atoms with Gasteiger partial charge in [0.05, 0.1) is 10.2 Å². The van der Waals surface area contributed by atoms with Crippen LogP contribution >= 0.6 is 15.9 Å². The van der Waals surface area contributed by atoms with E-state index in [1.54, 1.807) is 6.07 Å². The molecule has 0 spiro atoms. The molecule has 2 rings (SSSR count). The minimum Gasteiger partial charge on any atom is -0.387 e. The molecule has 1 aliphatic rings. The maximum absolute atomic E-state index is 13.3. The van der Waals surface area contributed by atoms with Crippen molar-refractivity contribution in [2.24, 2.45) is 16.6 Å². The highest BCUT2D eigenvalue weighted by molar-refractivity contribution is 9.10. The van der Waals surface area contributed by atoms with Gasteiger partial charge in [-0.15, -0.1) is 0 Å². The van der Waals surface area contributed by atoms with Crippen LogP contribution in [0.4, 0.5) is 10.1 Å². The fourth-order valence-corrected chi connectivity index (χ4v) is 1.82. The Labute approximate surface area is 96.5 Å². The molecule has 1 aromatic rings. The summed E-state index contributed by atoms with van der Waals surface area (Å²) in [6.07, 6.45) is 2.21. The third kappa shape index (κ3) is 2.37. The Bertz CT molecular complexity index is 425. The maximum atomic E-state index is 13.3. The SMILES string of the molecule is Cc1cc(Br)c(F)cc1N=C(N)C1CC1. The zero-order valence-electron chi connectivity index (χ0n) is 8.43. The van der Waals surface area contributed by atoms with E-state index in [0.29, 0.717) is 21.9 Å². The first kappa shape index (κ1) is 10.6. The molecule has 2 nitrogen and oxygen atoms in total. The first-order chi connectivity index (χ1) is 7.08. The summed E-state index contributed by atoms with van der Waals surface area (Å²) in [5.74, 6) is 0.735. The molecule has 1 fully saturated rings. The average Bonchev–Trinajstić information content (AvgIpc) is 2.97. The van der Waals surface area contributed by atoms with Crippen molar-refractivity contribution in [2.45, 2.75) is 19.8 Å². The number of aliphatic imine (C=N–C) groups is 1. The lowest BCUT2D eigenvalue weighted by Crippen LogP contribution is -2.13. The van der Waals surface area contributed by atoms with E-state index in [0.717, 1.165) is 18.4 Å². The molecule has 0 atom stereocenters. The van der Waals surface area contributed by atoms with Gasteiger partial charge in [-0.3, -0.25) is 0 Å². The van der Waals surface area contributed by atoms with Crippen LogP contribution in [0.25, 0.3) is 0 Å². The van der Waals surface area contributed by atoms with Crippen molar-refractivity contribution in [1.29, 1.82) is 0 Å². The number of nitrogens with two attached hydrogens (primary N) is 1. The van der Waals surface area contributed by atoms with Gasteiger partial charge in [-0.2, -0.15) is 0 Å². The molecule has 0 radical (unpaired) electrons. The average molecular weight is 271 g/mol. The number of hydrogen-bond donors (Lipinski definition) is 1. The summed E-state index contributed by atoms with van der Waals surface area (Å²) < 4.78 is 13.7. The Hall–Kier alpha value is -0.900. The van der Waals surface area contributed by atoms with Gasteiger partial charge in [-0.25, -0.2) is 9.38 Å². The molecular formula is C11H12BrFN2. The molecule has 0 saturated heterocycles. The number of benzene rings is 1. The fraction of sp³-hybridized carbons (Fsp3) is 0.364. The summed E-state index contributed by atoms with van der Waals surface area (Å²) in [5.41, 5.74) is 7.33. The van der Waals surface area contributed by atoms with E-state index in [1.165, 1.54) is 6.07 Å². The third-order valence-corrected chi connectivity index (χ3v) is 3.09. The standard InChI is InChI=1S/C11H12BrFN2/c1-6-4-8(12)9(13)5-10(6)15-11(14)7-2-3-7/h4-5,7H,2-3H2,1H3,(H2,14,15).